The first-order valence-corrected chi connectivity index (χ1v) is 9.87. The number of imide groups is 1. The summed E-state index contributed by atoms with van der Waals surface area (Å²) in [5, 5.41) is 2.49. The Hall–Kier alpha value is -3.12. The molecule has 3 aromatic rings. The van der Waals surface area contributed by atoms with Crippen molar-refractivity contribution in [1.29, 1.82) is 0 Å². The molecular weight excluding hydrogens is 372 g/mol. The topological polar surface area (TPSA) is 49.9 Å². The third-order valence-corrected chi connectivity index (χ3v) is 5.68. The summed E-state index contributed by atoms with van der Waals surface area (Å²) in [7, 11) is 0. The Balaban J connectivity index is 1.64. The average molecular weight is 392 g/mol. The fourth-order valence-corrected chi connectivity index (χ4v) is 3.93. The van der Waals surface area contributed by atoms with Gasteiger partial charge in [-0.25, -0.2) is 9.69 Å². The molecule has 142 valence electrons. The van der Waals surface area contributed by atoms with Crippen molar-refractivity contribution < 1.29 is 14.3 Å². The molecule has 0 aliphatic carbocycles. The lowest BCUT2D eigenvalue weighted by atomic mass is 10.0. The van der Waals surface area contributed by atoms with Crippen LogP contribution in [0.4, 0.5) is 9.80 Å². The van der Waals surface area contributed by atoms with Gasteiger partial charge in [-0.2, -0.15) is 0 Å². The number of ether oxygens (including phenoxy) is 1. The zero-order chi connectivity index (χ0) is 19.7. The van der Waals surface area contributed by atoms with E-state index in [1.807, 2.05) is 66.0 Å². The number of carbonyl (C=O) groups excluding carboxylic acids is 2. The number of nitrogens with zero attached hydrogens (tertiary/aromatic N) is 2. The van der Waals surface area contributed by atoms with Gasteiger partial charge in [-0.3, -0.25) is 4.79 Å². The second kappa shape index (κ2) is 7.13. The first-order valence-electron chi connectivity index (χ1n) is 8.99. The van der Waals surface area contributed by atoms with Crippen molar-refractivity contribution in [2.24, 2.45) is 0 Å². The van der Waals surface area contributed by atoms with E-state index in [9.17, 15) is 9.59 Å². The van der Waals surface area contributed by atoms with Crippen LogP contribution in [0.2, 0.25) is 0 Å². The third-order valence-electron chi connectivity index (χ3n) is 4.82. The molecule has 28 heavy (non-hydrogen) atoms. The Morgan fingerprint density at radius 3 is 2.36 bits per heavy atom. The summed E-state index contributed by atoms with van der Waals surface area (Å²) in [6.45, 7) is 3.84. The van der Waals surface area contributed by atoms with Crippen LogP contribution in [0.5, 0.6) is 11.5 Å². The molecule has 0 bridgehead atoms. The second-order valence-electron chi connectivity index (χ2n) is 7.04. The number of amides is 3. The van der Waals surface area contributed by atoms with Crippen molar-refractivity contribution in [3.63, 3.8) is 0 Å². The van der Waals surface area contributed by atoms with E-state index in [-0.39, 0.29) is 18.5 Å². The lowest BCUT2D eigenvalue weighted by Gasteiger charge is -2.28. The van der Waals surface area contributed by atoms with E-state index in [1.54, 1.807) is 24.8 Å². The molecule has 1 aromatic heterocycles. The van der Waals surface area contributed by atoms with Crippen LogP contribution in [-0.4, -0.2) is 22.4 Å². The number of anilines is 1. The van der Waals surface area contributed by atoms with Crippen LogP contribution >= 0.6 is 11.3 Å². The van der Waals surface area contributed by atoms with Crippen molar-refractivity contribution in [2.45, 2.75) is 25.9 Å². The molecule has 0 saturated carbocycles. The fraction of sp³-hybridized carbons (Fsp3) is 0.182. The molecule has 4 rings (SSSR count). The molecule has 6 heteroatoms. The maximum Gasteiger partial charge on any atom is 0.333 e. The molecule has 3 amide bonds. The van der Waals surface area contributed by atoms with Gasteiger partial charge in [0.2, 0.25) is 0 Å². The summed E-state index contributed by atoms with van der Waals surface area (Å²) in [4.78, 5) is 28.9. The largest absolute Gasteiger partial charge is 0.457 e. The van der Waals surface area contributed by atoms with Crippen molar-refractivity contribution in [3.05, 3.63) is 77.7 Å². The van der Waals surface area contributed by atoms with Gasteiger partial charge in [0.15, 0.2) is 0 Å². The first-order chi connectivity index (χ1) is 13.5. The van der Waals surface area contributed by atoms with Crippen LogP contribution in [0.3, 0.4) is 0 Å². The van der Waals surface area contributed by atoms with Gasteiger partial charge in [-0.05, 0) is 49.6 Å². The minimum Gasteiger partial charge on any atom is -0.457 e. The minimum absolute atomic E-state index is 0.221. The average Bonchev–Trinajstić information content (AvgIpc) is 3.26. The third kappa shape index (κ3) is 3.16. The Bertz CT molecular complexity index is 1000. The first kappa shape index (κ1) is 18.3. The molecule has 5 nitrogen and oxygen atoms in total. The monoisotopic (exact) mass is 392 g/mol. The van der Waals surface area contributed by atoms with Crippen molar-refractivity contribution in [1.82, 2.24) is 4.90 Å². The summed E-state index contributed by atoms with van der Waals surface area (Å²) in [6.07, 6.45) is 0. The van der Waals surface area contributed by atoms with Crippen LogP contribution < -0.4 is 9.64 Å². The molecular formula is C22H20N2O3S. The highest BCUT2D eigenvalue weighted by Crippen LogP contribution is 2.36. The lowest BCUT2D eigenvalue weighted by molar-refractivity contribution is -0.123. The molecule has 0 unspecified atom stereocenters. The highest BCUT2D eigenvalue weighted by atomic mass is 32.1. The van der Waals surface area contributed by atoms with E-state index in [1.165, 1.54) is 16.2 Å². The number of carbonyl (C=O) groups is 2. The summed E-state index contributed by atoms with van der Waals surface area (Å²) in [5.74, 6) is 1.17. The number of para-hydroxylation sites is 2. The molecule has 0 spiro atoms. The predicted molar refractivity (Wildman–Crippen MR) is 110 cm³/mol. The molecule has 0 radical (unpaired) electrons. The predicted octanol–water partition coefficient (Wildman–Crippen LogP) is 5.29. The fourth-order valence-electron chi connectivity index (χ4n) is 3.21. The quantitative estimate of drug-likeness (QED) is 0.555. The number of hydrogen-bond donors (Lipinski definition) is 0. The summed E-state index contributed by atoms with van der Waals surface area (Å²) < 4.78 is 6.01. The SMILES string of the molecule is CC1(C)C(=O)N(c2cccs2)C(=O)N1Cc1ccccc1Oc1ccccc1. The molecule has 2 aromatic carbocycles. The molecule has 1 saturated heterocycles. The number of thiophene rings is 1. The van der Waals surface area contributed by atoms with Gasteiger partial charge in [0.05, 0.1) is 6.54 Å². The van der Waals surface area contributed by atoms with E-state index < -0.39 is 5.54 Å². The molecule has 0 atom stereocenters. The second-order valence-corrected chi connectivity index (χ2v) is 7.97. The number of rotatable bonds is 5. The normalized spacial score (nSPS) is 15.9. The molecule has 2 heterocycles. The highest BCUT2D eigenvalue weighted by molar-refractivity contribution is 7.14. The maximum absolute atomic E-state index is 13.1. The van der Waals surface area contributed by atoms with Gasteiger partial charge in [0.1, 0.15) is 22.0 Å². The summed E-state index contributed by atoms with van der Waals surface area (Å²) >= 11 is 1.37. The minimum atomic E-state index is -0.944. The van der Waals surface area contributed by atoms with Crippen LogP contribution in [0, 0.1) is 0 Å². The van der Waals surface area contributed by atoms with Crippen molar-refractivity contribution in [3.8, 4) is 11.5 Å². The molecule has 1 aliphatic rings. The Morgan fingerprint density at radius 1 is 0.929 bits per heavy atom. The van der Waals surface area contributed by atoms with Crippen molar-refractivity contribution in [2.75, 3.05) is 4.90 Å². The van der Waals surface area contributed by atoms with E-state index in [0.717, 1.165) is 11.3 Å². The Labute approximate surface area is 167 Å². The van der Waals surface area contributed by atoms with Crippen LogP contribution in [0.15, 0.2) is 72.1 Å². The zero-order valence-electron chi connectivity index (χ0n) is 15.7. The van der Waals surface area contributed by atoms with Crippen LogP contribution in [0.1, 0.15) is 19.4 Å². The molecule has 1 fully saturated rings. The van der Waals surface area contributed by atoms with Gasteiger partial charge in [0.25, 0.3) is 5.91 Å². The summed E-state index contributed by atoms with van der Waals surface area (Å²) in [6, 6.07) is 20.4. The zero-order valence-corrected chi connectivity index (χ0v) is 16.5. The van der Waals surface area contributed by atoms with Gasteiger partial charge in [-0.15, -0.1) is 11.3 Å². The van der Waals surface area contributed by atoms with E-state index >= 15 is 0 Å². The van der Waals surface area contributed by atoms with Gasteiger partial charge in [0, 0.05) is 5.56 Å². The van der Waals surface area contributed by atoms with Crippen LogP contribution in [-0.2, 0) is 11.3 Å². The molecule has 1 aliphatic heterocycles. The van der Waals surface area contributed by atoms with Crippen LogP contribution in [0.25, 0.3) is 0 Å². The summed E-state index contributed by atoms with van der Waals surface area (Å²) in [5.41, 5.74) is -0.102. The standard InChI is InChI=1S/C22H20N2O3S/c1-22(2)20(25)24(19-13-8-14-28-19)21(26)23(22)15-16-9-6-7-12-18(16)27-17-10-4-3-5-11-17/h3-14H,15H2,1-2H3. The van der Waals surface area contributed by atoms with Gasteiger partial charge in [-0.1, -0.05) is 36.4 Å². The van der Waals surface area contributed by atoms with E-state index in [2.05, 4.69) is 0 Å². The van der Waals surface area contributed by atoms with Crippen molar-refractivity contribution >= 4 is 28.3 Å². The van der Waals surface area contributed by atoms with E-state index in [0.29, 0.717) is 10.8 Å². The maximum atomic E-state index is 13.1. The number of hydrogen-bond acceptors (Lipinski definition) is 4. The number of benzene rings is 2. The van der Waals surface area contributed by atoms with Gasteiger partial charge < -0.3 is 9.64 Å². The Kier molecular flexibility index (Phi) is 4.65. The molecule has 0 N–H and O–H groups in total. The smallest absolute Gasteiger partial charge is 0.333 e. The van der Waals surface area contributed by atoms with E-state index in [4.69, 9.17) is 4.74 Å². The highest BCUT2D eigenvalue weighted by Gasteiger charge is 2.52. The lowest BCUT2D eigenvalue weighted by Crippen LogP contribution is -2.43. The Morgan fingerprint density at radius 2 is 1.64 bits per heavy atom. The van der Waals surface area contributed by atoms with Gasteiger partial charge >= 0.3 is 6.03 Å². The number of urea groups is 1.